The van der Waals surface area contributed by atoms with Gasteiger partial charge in [-0.15, -0.1) is 0 Å². The van der Waals surface area contributed by atoms with Crippen LogP contribution < -0.4 is 0 Å². The summed E-state index contributed by atoms with van der Waals surface area (Å²) in [5.74, 6) is 0. The zero-order valence-corrected chi connectivity index (χ0v) is 3.31. The molecule has 5 nitrogen and oxygen atoms in total. The van der Waals surface area contributed by atoms with Crippen molar-refractivity contribution >= 4 is 0 Å². The summed E-state index contributed by atoms with van der Waals surface area (Å²) in [7, 11) is 0. The van der Waals surface area contributed by atoms with Crippen molar-refractivity contribution in [2.24, 2.45) is 0 Å². The third-order valence-corrected chi connectivity index (χ3v) is 0.468. The summed E-state index contributed by atoms with van der Waals surface area (Å²) in [6.07, 6.45) is 0.981. The van der Waals surface area contributed by atoms with Crippen LogP contribution in [0.2, 0.25) is 0 Å². The molecule has 2 N–H and O–H groups in total. The highest BCUT2D eigenvalue weighted by molar-refractivity contribution is 4.80. The van der Waals surface area contributed by atoms with E-state index in [9.17, 15) is 0 Å². The first-order chi connectivity index (χ1) is 3.29. The van der Waals surface area contributed by atoms with Gasteiger partial charge in [0, 0.05) is 0 Å². The fourth-order valence-corrected chi connectivity index (χ4v) is 0.247. The summed E-state index contributed by atoms with van der Waals surface area (Å²) >= 11 is 0. The van der Waals surface area contributed by atoms with Crippen molar-refractivity contribution in [3.05, 3.63) is 6.33 Å². The number of rotatable bonds is 0. The Kier molecular flexibility index (Phi) is 0.619. The van der Waals surface area contributed by atoms with Crippen LogP contribution in [0.4, 0.5) is 0 Å². The van der Waals surface area contributed by atoms with Gasteiger partial charge in [0.2, 0.25) is 0 Å². The molecule has 0 saturated heterocycles. The molecular weight excluding hydrogens is 98.0 g/mol. The largest absolute Gasteiger partial charge is 0.478 e. The molecule has 0 saturated carbocycles. The second-order valence-electron chi connectivity index (χ2n) is 0.965. The Hall–Kier alpha value is -1.26. The number of aromatic nitrogens is 3. The standard InChI is InChI=1S/C2H3N3O2/c6-2-3-1-5(7)4-2/h1,7H,(H,4,6). The van der Waals surface area contributed by atoms with Crippen LogP contribution >= 0.6 is 0 Å². The normalized spacial score (nSPS) is 9.14. The molecule has 1 rings (SSSR count). The maximum absolute atomic E-state index is 8.25. The van der Waals surface area contributed by atoms with Crippen molar-refractivity contribution in [1.29, 1.82) is 0 Å². The van der Waals surface area contributed by atoms with Gasteiger partial charge < -0.3 is 10.3 Å². The molecule has 1 aromatic heterocycles. The second kappa shape index (κ2) is 1.11. The van der Waals surface area contributed by atoms with Crippen LogP contribution in [-0.4, -0.2) is 25.2 Å². The van der Waals surface area contributed by atoms with E-state index in [1.807, 2.05) is 0 Å². The van der Waals surface area contributed by atoms with Gasteiger partial charge in [-0.1, -0.05) is 9.94 Å². The quantitative estimate of drug-likeness (QED) is 0.420. The smallest absolute Gasteiger partial charge is 0.335 e. The third-order valence-electron chi connectivity index (χ3n) is 0.468. The first-order valence-corrected chi connectivity index (χ1v) is 1.59. The first kappa shape index (κ1) is 3.91. The summed E-state index contributed by atoms with van der Waals surface area (Å²) in [4.78, 5) is 3.60. The van der Waals surface area contributed by atoms with Gasteiger partial charge in [0.25, 0.3) is 0 Å². The highest BCUT2D eigenvalue weighted by Gasteiger charge is 1.89. The van der Waals surface area contributed by atoms with E-state index in [1.54, 1.807) is 0 Å². The van der Waals surface area contributed by atoms with Crippen LogP contribution in [0.5, 0.6) is 6.01 Å². The lowest BCUT2D eigenvalue weighted by atomic mass is 11.2. The molecule has 0 aliphatic carbocycles. The predicted octanol–water partition coefficient (Wildman–Crippen LogP) is -0.779. The summed E-state index contributed by atoms with van der Waals surface area (Å²) < 4.78 is 0. The van der Waals surface area contributed by atoms with Crippen molar-refractivity contribution in [1.82, 2.24) is 14.9 Å². The van der Waals surface area contributed by atoms with E-state index in [0.717, 1.165) is 6.33 Å². The molecule has 0 spiro atoms. The molecule has 1 aromatic rings. The number of hydrogen-bond acceptors (Lipinski definition) is 4. The van der Waals surface area contributed by atoms with Gasteiger partial charge in [-0.2, -0.15) is 4.98 Å². The molecule has 0 atom stereocenters. The molecule has 7 heavy (non-hydrogen) atoms. The van der Waals surface area contributed by atoms with Gasteiger partial charge in [0.15, 0.2) is 6.33 Å². The highest BCUT2D eigenvalue weighted by atomic mass is 16.5. The molecular formula is C2H3N3O2. The van der Waals surface area contributed by atoms with Gasteiger partial charge in [0.1, 0.15) is 0 Å². The summed E-state index contributed by atoms with van der Waals surface area (Å²) in [6.45, 7) is 0. The Morgan fingerprint density at radius 1 is 1.71 bits per heavy atom. The van der Waals surface area contributed by atoms with Crippen LogP contribution in [0, 0.1) is 0 Å². The van der Waals surface area contributed by atoms with Crippen LogP contribution in [0.3, 0.4) is 0 Å². The van der Waals surface area contributed by atoms with Crippen molar-refractivity contribution < 1.29 is 10.3 Å². The van der Waals surface area contributed by atoms with E-state index in [4.69, 9.17) is 10.3 Å². The van der Waals surface area contributed by atoms with E-state index in [1.165, 1.54) is 0 Å². The molecule has 0 fully saturated rings. The Labute approximate surface area is 38.8 Å². The average Bonchev–Trinajstić information content (AvgIpc) is 1.87. The Morgan fingerprint density at radius 3 is 2.57 bits per heavy atom. The van der Waals surface area contributed by atoms with Gasteiger partial charge in [-0.3, -0.25) is 0 Å². The third kappa shape index (κ3) is 0.594. The Morgan fingerprint density at radius 2 is 2.43 bits per heavy atom. The minimum absolute atomic E-state index is 0.426. The molecule has 0 radical (unpaired) electrons. The van der Waals surface area contributed by atoms with Gasteiger partial charge in [-0.25, -0.2) is 0 Å². The number of nitrogens with zero attached hydrogens (tertiary/aromatic N) is 3. The van der Waals surface area contributed by atoms with Gasteiger partial charge in [0.05, 0.1) is 0 Å². The summed E-state index contributed by atoms with van der Waals surface area (Å²) in [5.41, 5.74) is 0. The SMILES string of the molecule is Oc1ncn(O)n1. The summed E-state index contributed by atoms with van der Waals surface area (Å²) in [6, 6.07) is -0.428. The molecule has 0 aromatic carbocycles. The fourth-order valence-electron chi connectivity index (χ4n) is 0.247. The minimum Gasteiger partial charge on any atom is -0.478 e. The molecule has 38 valence electrons. The van der Waals surface area contributed by atoms with Crippen LogP contribution in [-0.2, 0) is 0 Å². The minimum atomic E-state index is -0.428. The lowest BCUT2D eigenvalue weighted by molar-refractivity contribution is 0.144. The number of hydrogen-bond donors (Lipinski definition) is 2. The topological polar surface area (TPSA) is 71.2 Å². The van der Waals surface area contributed by atoms with E-state index < -0.39 is 6.01 Å². The maximum atomic E-state index is 8.25. The van der Waals surface area contributed by atoms with E-state index >= 15 is 0 Å². The van der Waals surface area contributed by atoms with Crippen molar-refractivity contribution in [3.63, 3.8) is 0 Å². The molecule has 5 heteroatoms. The second-order valence-corrected chi connectivity index (χ2v) is 0.965. The lowest BCUT2D eigenvalue weighted by Gasteiger charge is -1.75. The molecule has 1 heterocycles. The van der Waals surface area contributed by atoms with E-state index in [-0.39, 0.29) is 0 Å². The van der Waals surface area contributed by atoms with Crippen LogP contribution in [0.15, 0.2) is 6.33 Å². The highest BCUT2D eigenvalue weighted by Crippen LogP contribution is 1.89. The average molecular weight is 101 g/mol. The predicted molar refractivity (Wildman–Crippen MR) is 18.9 cm³/mol. The van der Waals surface area contributed by atoms with Gasteiger partial charge in [-0.05, 0) is 0 Å². The first-order valence-electron chi connectivity index (χ1n) is 1.59. The van der Waals surface area contributed by atoms with Crippen molar-refractivity contribution in [3.8, 4) is 6.01 Å². The molecule has 0 aliphatic heterocycles. The van der Waals surface area contributed by atoms with Crippen LogP contribution in [0.25, 0.3) is 0 Å². The van der Waals surface area contributed by atoms with E-state index in [2.05, 4.69) is 10.1 Å². The van der Waals surface area contributed by atoms with Gasteiger partial charge >= 0.3 is 6.01 Å². The van der Waals surface area contributed by atoms with E-state index in [0.29, 0.717) is 4.85 Å². The molecule has 0 bridgehead atoms. The monoisotopic (exact) mass is 101 g/mol. The molecule has 0 amide bonds. The summed E-state index contributed by atoms with van der Waals surface area (Å²) in [5, 5.41) is 19.5. The Bertz CT molecular complexity index is 143. The zero-order valence-electron chi connectivity index (χ0n) is 3.31. The fraction of sp³-hybridized carbons (Fsp3) is 0. The number of aromatic hydroxyl groups is 1. The lowest BCUT2D eigenvalue weighted by Crippen LogP contribution is -1.86. The van der Waals surface area contributed by atoms with Crippen LogP contribution in [0.1, 0.15) is 0 Å². The Balaban J connectivity index is 3.04. The molecule has 0 unspecified atom stereocenters. The van der Waals surface area contributed by atoms with Crippen molar-refractivity contribution in [2.75, 3.05) is 0 Å². The van der Waals surface area contributed by atoms with Crippen molar-refractivity contribution in [2.45, 2.75) is 0 Å². The molecule has 0 aliphatic rings. The zero-order chi connectivity index (χ0) is 5.28. The maximum Gasteiger partial charge on any atom is 0.335 e.